The van der Waals surface area contributed by atoms with E-state index in [-0.39, 0.29) is 11.6 Å². The summed E-state index contributed by atoms with van der Waals surface area (Å²) in [6, 6.07) is 19.6. The third kappa shape index (κ3) is 4.46. The molecular formula is C24H32N4O. The van der Waals surface area contributed by atoms with Crippen molar-refractivity contribution in [2.24, 2.45) is 4.99 Å². The van der Waals surface area contributed by atoms with Crippen molar-refractivity contribution in [2.75, 3.05) is 38.3 Å². The summed E-state index contributed by atoms with van der Waals surface area (Å²) in [6.07, 6.45) is 3.05. The van der Waals surface area contributed by atoms with Gasteiger partial charge in [0.25, 0.3) is 0 Å². The summed E-state index contributed by atoms with van der Waals surface area (Å²) in [6.45, 7) is 5.64. The van der Waals surface area contributed by atoms with Gasteiger partial charge in [0, 0.05) is 50.6 Å². The van der Waals surface area contributed by atoms with Gasteiger partial charge in [-0.1, -0.05) is 48.5 Å². The minimum absolute atomic E-state index is 0.0112. The van der Waals surface area contributed by atoms with Gasteiger partial charge in [-0.15, -0.1) is 0 Å². The topological polar surface area (TPSA) is 48.9 Å². The summed E-state index contributed by atoms with van der Waals surface area (Å²) in [5.41, 5.74) is 3.97. The highest BCUT2D eigenvalue weighted by molar-refractivity contribution is 5.97. The standard InChI is InChI=1S/C24H32N4O/c1-19(20-8-4-3-5-9-20)27-24(13-16-29-17-14-24)18-26-23(25-2)28-15-12-21-10-6-7-11-22(21)28/h3-11,19,27H,12-18H2,1-2H3,(H,25,26). The smallest absolute Gasteiger partial charge is 0.198 e. The summed E-state index contributed by atoms with van der Waals surface area (Å²) in [5.74, 6) is 0.954. The number of hydrogen-bond donors (Lipinski definition) is 2. The van der Waals surface area contributed by atoms with E-state index in [0.29, 0.717) is 0 Å². The van der Waals surface area contributed by atoms with Crippen molar-refractivity contribution in [3.05, 3.63) is 65.7 Å². The van der Waals surface area contributed by atoms with Gasteiger partial charge >= 0.3 is 0 Å². The van der Waals surface area contributed by atoms with Gasteiger partial charge in [-0.25, -0.2) is 0 Å². The van der Waals surface area contributed by atoms with E-state index in [1.165, 1.54) is 16.8 Å². The van der Waals surface area contributed by atoms with Crippen LogP contribution in [0, 0.1) is 0 Å². The zero-order chi connectivity index (χ0) is 20.1. The molecule has 2 heterocycles. The van der Waals surface area contributed by atoms with E-state index in [1.807, 2.05) is 7.05 Å². The van der Waals surface area contributed by atoms with E-state index >= 15 is 0 Å². The van der Waals surface area contributed by atoms with Crippen molar-refractivity contribution >= 4 is 11.6 Å². The molecule has 0 aromatic heterocycles. The van der Waals surface area contributed by atoms with Crippen LogP contribution in [0.25, 0.3) is 0 Å². The molecule has 5 heteroatoms. The molecule has 2 aliphatic heterocycles. The Morgan fingerprint density at radius 2 is 1.83 bits per heavy atom. The molecule has 1 unspecified atom stereocenters. The second-order valence-corrected chi connectivity index (χ2v) is 8.10. The predicted molar refractivity (Wildman–Crippen MR) is 120 cm³/mol. The van der Waals surface area contributed by atoms with Crippen molar-refractivity contribution in [1.29, 1.82) is 0 Å². The van der Waals surface area contributed by atoms with Gasteiger partial charge in [0.1, 0.15) is 0 Å². The summed E-state index contributed by atoms with van der Waals surface area (Å²) >= 11 is 0. The fourth-order valence-electron chi connectivity index (χ4n) is 4.52. The normalized spacial score (nSPS) is 19.7. The molecule has 0 bridgehead atoms. The molecule has 0 aliphatic carbocycles. The van der Waals surface area contributed by atoms with E-state index < -0.39 is 0 Å². The number of para-hydroxylation sites is 1. The van der Waals surface area contributed by atoms with Crippen LogP contribution in [0.4, 0.5) is 5.69 Å². The van der Waals surface area contributed by atoms with Gasteiger partial charge in [0.05, 0.1) is 0 Å². The summed E-state index contributed by atoms with van der Waals surface area (Å²) in [5, 5.41) is 7.60. The van der Waals surface area contributed by atoms with Gasteiger partial charge in [-0.3, -0.25) is 4.99 Å². The third-order valence-electron chi connectivity index (χ3n) is 6.21. The Labute approximate surface area is 174 Å². The number of rotatable bonds is 5. The van der Waals surface area contributed by atoms with Gasteiger partial charge in [-0.2, -0.15) is 0 Å². The van der Waals surface area contributed by atoms with Gasteiger partial charge in [0.15, 0.2) is 5.96 Å². The van der Waals surface area contributed by atoms with Crippen molar-refractivity contribution in [3.8, 4) is 0 Å². The third-order valence-corrected chi connectivity index (χ3v) is 6.21. The lowest BCUT2D eigenvalue weighted by Crippen LogP contribution is -2.58. The van der Waals surface area contributed by atoms with Crippen LogP contribution in [0.5, 0.6) is 0 Å². The summed E-state index contributed by atoms with van der Waals surface area (Å²) in [7, 11) is 1.87. The average Bonchev–Trinajstić information content (AvgIpc) is 3.20. The Morgan fingerprint density at radius 3 is 2.59 bits per heavy atom. The lowest BCUT2D eigenvalue weighted by atomic mass is 9.88. The summed E-state index contributed by atoms with van der Waals surface area (Å²) in [4.78, 5) is 6.90. The molecule has 2 aliphatic rings. The molecule has 0 spiro atoms. The van der Waals surface area contributed by atoms with E-state index in [4.69, 9.17) is 4.74 Å². The first-order valence-corrected chi connectivity index (χ1v) is 10.7. The molecule has 1 atom stereocenters. The Kier molecular flexibility index (Phi) is 6.16. The number of fused-ring (bicyclic) bond motifs is 1. The highest BCUT2D eigenvalue weighted by atomic mass is 16.5. The second kappa shape index (κ2) is 8.97. The summed E-state index contributed by atoms with van der Waals surface area (Å²) < 4.78 is 5.68. The van der Waals surface area contributed by atoms with Crippen molar-refractivity contribution in [3.63, 3.8) is 0 Å². The van der Waals surface area contributed by atoms with Crippen molar-refractivity contribution in [1.82, 2.24) is 10.6 Å². The predicted octanol–water partition coefficient (Wildman–Crippen LogP) is 3.52. The molecule has 0 radical (unpaired) electrons. The first-order chi connectivity index (χ1) is 14.2. The average molecular weight is 393 g/mol. The maximum absolute atomic E-state index is 5.68. The Morgan fingerprint density at radius 1 is 1.10 bits per heavy atom. The first kappa shape index (κ1) is 19.9. The fourth-order valence-corrected chi connectivity index (χ4v) is 4.52. The number of benzene rings is 2. The zero-order valence-electron chi connectivity index (χ0n) is 17.5. The van der Waals surface area contributed by atoms with Gasteiger partial charge in [-0.05, 0) is 43.4 Å². The van der Waals surface area contributed by atoms with E-state index in [1.54, 1.807) is 0 Å². The number of guanidine groups is 1. The molecule has 154 valence electrons. The SMILES string of the molecule is CN=C(NCC1(NC(C)c2ccccc2)CCOCC1)N1CCc2ccccc21. The van der Waals surface area contributed by atoms with Gasteiger partial charge < -0.3 is 20.3 Å². The van der Waals surface area contributed by atoms with Crippen LogP contribution in [-0.4, -0.2) is 44.8 Å². The Bertz CT molecular complexity index is 830. The fraction of sp³-hybridized carbons (Fsp3) is 0.458. The minimum Gasteiger partial charge on any atom is -0.381 e. The van der Waals surface area contributed by atoms with E-state index in [2.05, 4.69) is 82.0 Å². The van der Waals surface area contributed by atoms with Crippen LogP contribution in [0.1, 0.15) is 36.9 Å². The Balaban J connectivity index is 1.47. The number of aliphatic imine (C=N–C) groups is 1. The van der Waals surface area contributed by atoms with Crippen LogP contribution in [0.15, 0.2) is 59.6 Å². The minimum atomic E-state index is -0.0112. The number of nitrogens with one attached hydrogen (secondary N) is 2. The highest BCUT2D eigenvalue weighted by Crippen LogP contribution is 2.28. The zero-order valence-corrected chi connectivity index (χ0v) is 17.5. The lowest BCUT2D eigenvalue weighted by molar-refractivity contribution is 0.0355. The molecule has 2 N–H and O–H groups in total. The number of hydrogen-bond acceptors (Lipinski definition) is 3. The molecule has 2 aromatic rings. The molecular weight excluding hydrogens is 360 g/mol. The van der Waals surface area contributed by atoms with Crippen molar-refractivity contribution < 1.29 is 4.74 Å². The molecule has 0 saturated carbocycles. The maximum Gasteiger partial charge on any atom is 0.198 e. The monoisotopic (exact) mass is 392 g/mol. The highest BCUT2D eigenvalue weighted by Gasteiger charge is 2.35. The van der Waals surface area contributed by atoms with Crippen LogP contribution >= 0.6 is 0 Å². The van der Waals surface area contributed by atoms with Crippen LogP contribution in [0.2, 0.25) is 0 Å². The molecule has 0 amide bonds. The molecule has 2 aromatic carbocycles. The molecule has 29 heavy (non-hydrogen) atoms. The van der Waals surface area contributed by atoms with Crippen LogP contribution < -0.4 is 15.5 Å². The molecule has 5 nitrogen and oxygen atoms in total. The number of anilines is 1. The van der Waals surface area contributed by atoms with E-state index in [9.17, 15) is 0 Å². The number of nitrogens with zero attached hydrogens (tertiary/aromatic N) is 2. The lowest BCUT2D eigenvalue weighted by Gasteiger charge is -2.41. The quantitative estimate of drug-likeness (QED) is 0.604. The second-order valence-electron chi connectivity index (χ2n) is 8.10. The van der Waals surface area contributed by atoms with E-state index in [0.717, 1.165) is 51.5 Å². The van der Waals surface area contributed by atoms with Crippen molar-refractivity contribution in [2.45, 2.75) is 37.8 Å². The van der Waals surface area contributed by atoms with Gasteiger partial charge in [0.2, 0.25) is 0 Å². The largest absolute Gasteiger partial charge is 0.381 e. The molecule has 1 fully saturated rings. The number of ether oxygens (including phenoxy) is 1. The maximum atomic E-state index is 5.68. The molecule has 1 saturated heterocycles. The Hall–Kier alpha value is -2.37. The van der Waals surface area contributed by atoms with Crippen LogP contribution in [-0.2, 0) is 11.2 Å². The van der Waals surface area contributed by atoms with Crippen LogP contribution in [0.3, 0.4) is 0 Å². The molecule has 4 rings (SSSR count). The first-order valence-electron chi connectivity index (χ1n) is 10.7.